The van der Waals surface area contributed by atoms with Crippen LogP contribution in [0, 0.1) is 5.82 Å². The van der Waals surface area contributed by atoms with Gasteiger partial charge < -0.3 is 4.90 Å². The van der Waals surface area contributed by atoms with Crippen molar-refractivity contribution in [1.29, 1.82) is 0 Å². The lowest BCUT2D eigenvalue weighted by atomic mass is 10.3. The van der Waals surface area contributed by atoms with Crippen molar-refractivity contribution < 1.29 is 13.4 Å². The second-order valence-electron chi connectivity index (χ2n) is 3.79. The average molecular weight is 241 g/mol. The molecule has 1 heterocycles. The topological polar surface area (TPSA) is 37.4 Å². The van der Waals surface area contributed by atoms with Crippen LogP contribution in [0.25, 0.3) is 0 Å². The Balaban J connectivity index is 2.23. The summed E-state index contributed by atoms with van der Waals surface area (Å²) < 4.78 is 25.0. The van der Waals surface area contributed by atoms with Gasteiger partial charge in [0.15, 0.2) is 0 Å². The molecule has 0 N–H and O–H groups in total. The lowest BCUT2D eigenvalue weighted by Gasteiger charge is -2.10. The van der Waals surface area contributed by atoms with Gasteiger partial charge in [0.1, 0.15) is 11.1 Å². The summed E-state index contributed by atoms with van der Waals surface area (Å²) in [6, 6.07) is 5.61. The standard InChI is InChI=1S/C11H12FNO2S/c1-13-6-5-10(11(13)14)16(15)9-4-2-3-8(12)7-9/h2-4,7,10H,5-6H2,1H3. The van der Waals surface area contributed by atoms with E-state index in [9.17, 15) is 13.4 Å². The van der Waals surface area contributed by atoms with E-state index in [4.69, 9.17) is 0 Å². The highest BCUT2D eigenvalue weighted by Crippen LogP contribution is 2.21. The third kappa shape index (κ3) is 2.00. The van der Waals surface area contributed by atoms with Gasteiger partial charge in [-0.25, -0.2) is 4.39 Å². The highest BCUT2D eigenvalue weighted by Gasteiger charge is 2.34. The van der Waals surface area contributed by atoms with Crippen molar-refractivity contribution in [2.75, 3.05) is 13.6 Å². The van der Waals surface area contributed by atoms with Crippen LogP contribution in [0.1, 0.15) is 6.42 Å². The van der Waals surface area contributed by atoms with Crippen molar-refractivity contribution >= 4 is 16.7 Å². The van der Waals surface area contributed by atoms with E-state index in [1.165, 1.54) is 18.2 Å². The van der Waals surface area contributed by atoms with Gasteiger partial charge in [-0.15, -0.1) is 0 Å². The average Bonchev–Trinajstić information content (AvgIpc) is 2.59. The Hall–Kier alpha value is -1.23. The fraction of sp³-hybridized carbons (Fsp3) is 0.364. The molecule has 1 aromatic rings. The molecule has 0 aliphatic carbocycles. The van der Waals surface area contributed by atoms with Crippen molar-refractivity contribution in [3.8, 4) is 0 Å². The summed E-state index contributed by atoms with van der Waals surface area (Å²) in [6.07, 6.45) is 0.568. The second kappa shape index (κ2) is 4.33. The number of amides is 1. The maximum absolute atomic E-state index is 13.0. The molecular formula is C11H12FNO2S. The minimum absolute atomic E-state index is 0.123. The maximum atomic E-state index is 13.0. The van der Waals surface area contributed by atoms with Gasteiger partial charge in [-0.05, 0) is 24.6 Å². The molecule has 0 spiro atoms. The van der Waals surface area contributed by atoms with Gasteiger partial charge in [-0.1, -0.05) is 6.07 Å². The first-order valence-corrected chi connectivity index (χ1v) is 6.22. The summed E-state index contributed by atoms with van der Waals surface area (Å²) in [5.74, 6) is -0.549. The number of carbonyl (C=O) groups excluding carboxylic acids is 1. The summed E-state index contributed by atoms with van der Waals surface area (Å²) >= 11 is 0. The molecule has 2 atom stereocenters. The highest BCUT2D eigenvalue weighted by molar-refractivity contribution is 7.86. The number of carbonyl (C=O) groups is 1. The lowest BCUT2D eigenvalue weighted by molar-refractivity contribution is -0.126. The van der Waals surface area contributed by atoms with E-state index in [0.717, 1.165) is 0 Å². The predicted octanol–water partition coefficient (Wildman–Crippen LogP) is 1.16. The Morgan fingerprint density at radius 3 is 2.81 bits per heavy atom. The van der Waals surface area contributed by atoms with Crippen LogP contribution in [0.15, 0.2) is 29.2 Å². The minimum Gasteiger partial charge on any atom is -0.345 e. The smallest absolute Gasteiger partial charge is 0.238 e. The first-order valence-electron chi connectivity index (χ1n) is 5.00. The number of likely N-dealkylation sites (tertiary alicyclic amines) is 1. The highest BCUT2D eigenvalue weighted by atomic mass is 32.2. The summed E-state index contributed by atoms with van der Waals surface area (Å²) in [4.78, 5) is 13.6. The molecule has 3 nitrogen and oxygen atoms in total. The molecule has 5 heteroatoms. The fourth-order valence-corrected chi connectivity index (χ4v) is 3.20. The summed E-state index contributed by atoms with van der Waals surface area (Å²) in [5.41, 5.74) is 0. The van der Waals surface area contributed by atoms with Gasteiger partial charge in [0.25, 0.3) is 0 Å². The number of nitrogens with zero attached hydrogens (tertiary/aromatic N) is 1. The zero-order valence-electron chi connectivity index (χ0n) is 8.85. The molecule has 1 amide bonds. The van der Waals surface area contributed by atoms with Gasteiger partial charge in [0.05, 0.1) is 10.8 Å². The molecule has 2 unspecified atom stereocenters. The van der Waals surface area contributed by atoms with Crippen LogP contribution in [-0.4, -0.2) is 33.9 Å². The monoisotopic (exact) mass is 241 g/mol. The Labute approximate surface area is 95.7 Å². The van der Waals surface area contributed by atoms with E-state index in [0.29, 0.717) is 17.9 Å². The third-order valence-electron chi connectivity index (χ3n) is 2.67. The van der Waals surface area contributed by atoms with Crippen LogP contribution in [-0.2, 0) is 15.6 Å². The lowest BCUT2D eigenvalue weighted by Crippen LogP contribution is -2.28. The van der Waals surface area contributed by atoms with E-state index in [1.54, 1.807) is 18.0 Å². The van der Waals surface area contributed by atoms with Crippen molar-refractivity contribution in [3.05, 3.63) is 30.1 Å². The SMILES string of the molecule is CN1CCC(S(=O)c2cccc(F)c2)C1=O. The van der Waals surface area contributed by atoms with Crippen LogP contribution in [0.2, 0.25) is 0 Å². The van der Waals surface area contributed by atoms with Crippen molar-refractivity contribution in [2.24, 2.45) is 0 Å². The van der Waals surface area contributed by atoms with Crippen LogP contribution < -0.4 is 0 Å². The fourth-order valence-electron chi connectivity index (χ4n) is 1.75. The molecule has 2 rings (SSSR count). The summed E-state index contributed by atoms with van der Waals surface area (Å²) in [7, 11) is 0.235. The Bertz CT molecular complexity index is 449. The zero-order chi connectivity index (χ0) is 11.7. The molecule has 1 saturated heterocycles. The van der Waals surface area contributed by atoms with Crippen LogP contribution >= 0.6 is 0 Å². The first-order chi connectivity index (χ1) is 7.59. The van der Waals surface area contributed by atoms with Crippen molar-refractivity contribution in [2.45, 2.75) is 16.6 Å². The number of halogens is 1. The van der Waals surface area contributed by atoms with E-state index in [1.807, 2.05) is 0 Å². The number of hydrogen-bond donors (Lipinski definition) is 0. The molecule has 1 aliphatic heterocycles. The number of rotatable bonds is 2. The van der Waals surface area contributed by atoms with Crippen LogP contribution in [0.3, 0.4) is 0 Å². The number of hydrogen-bond acceptors (Lipinski definition) is 2. The van der Waals surface area contributed by atoms with E-state index < -0.39 is 21.9 Å². The van der Waals surface area contributed by atoms with Crippen molar-refractivity contribution in [1.82, 2.24) is 4.90 Å². The zero-order valence-corrected chi connectivity index (χ0v) is 9.67. The summed E-state index contributed by atoms with van der Waals surface area (Å²) in [6.45, 7) is 0.616. The molecule has 86 valence electrons. The first kappa shape index (κ1) is 11.3. The Kier molecular flexibility index (Phi) is 3.05. The van der Waals surface area contributed by atoms with E-state index in [2.05, 4.69) is 0 Å². The van der Waals surface area contributed by atoms with Gasteiger partial charge in [0.2, 0.25) is 5.91 Å². The normalized spacial score (nSPS) is 22.5. The van der Waals surface area contributed by atoms with E-state index in [-0.39, 0.29) is 5.91 Å². The molecule has 1 fully saturated rings. The molecular weight excluding hydrogens is 229 g/mol. The molecule has 0 bridgehead atoms. The molecule has 1 aromatic carbocycles. The van der Waals surface area contributed by atoms with Crippen LogP contribution in [0.4, 0.5) is 4.39 Å². The molecule has 1 aliphatic rings. The minimum atomic E-state index is -1.45. The van der Waals surface area contributed by atoms with Crippen LogP contribution in [0.5, 0.6) is 0 Å². The molecule has 0 radical (unpaired) electrons. The molecule has 16 heavy (non-hydrogen) atoms. The summed E-state index contributed by atoms with van der Waals surface area (Å²) in [5, 5.41) is -0.521. The van der Waals surface area contributed by atoms with E-state index >= 15 is 0 Å². The molecule has 0 aromatic heterocycles. The van der Waals surface area contributed by atoms with Gasteiger partial charge >= 0.3 is 0 Å². The quantitative estimate of drug-likeness (QED) is 0.779. The Morgan fingerprint density at radius 1 is 1.50 bits per heavy atom. The van der Waals surface area contributed by atoms with Crippen molar-refractivity contribution in [3.63, 3.8) is 0 Å². The van der Waals surface area contributed by atoms with Gasteiger partial charge in [0, 0.05) is 18.5 Å². The Morgan fingerprint density at radius 2 is 2.25 bits per heavy atom. The predicted molar refractivity (Wildman–Crippen MR) is 58.9 cm³/mol. The number of benzene rings is 1. The second-order valence-corrected chi connectivity index (χ2v) is 5.43. The maximum Gasteiger partial charge on any atom is 0.238 e. The third-order valence-corrected chi connectivity index (χ3v) is 4.34. The molecule has 0 saturated carbocycles. The van der Waals surface area contributed by atoms with Gasteiger partial charge in [-0.2, -0.15) is 0 Å². The largest absolute Gasteiger partial charge is 0.345 e. The van der Waals surface area contributed by atoms with Gasteiger partial charge in [-0.3, -0.25) is 9.00 Å².